The number of thiophene rings is 1. The van der Waals surface area contributed by atoms with E-state index in [1.165, 1.54) is 4.88 Å². The molecule has 2 aromatic rings. The molecule has 0 saturated carbocycles. The Morgan fingerprint density at radius 3 is 2.60 bits per heavy atom. The van der Waals surface area contributed by atoms with Crippen LogP contribution in [0.2, 0.25) is 10.0 Å². The number of carboxylic acid groups (broad SMARTS) is 1. The van der Waals surface area contributed by atoms with E-state index in [9.17, 15) is 9.90 Å². The maximum absolute atomic E-state index is 10.9. The first-order valence-corrected chi connectivity index (χ1v) is 7.83. The van der Waals surface area contributed by atoms with Crippen molar-refractivity contribution in [2.45, 2.75) is 32.8 Å². The standard InChI is InChI=1S/C14H14Cl2O3S/c1-3-8-5-7-6-10(19-9(4-2)14(17)18)11(15)12(16)13(7)20-8/h5-6,9H,3-4H2,1-2H3,(H,17,18)/p-1. The summed E-state index contributed by atoms with van der Waals surface area (Å²) < 4.78 is 6.30. The highest BCUT2D eigenvalue weighted by atomic mass is 35.5. The Balaban J connectivity index is 2.48. The average Bonchev–Trinajstić information content (AvgIpc) is 2.84. The van der Waals surface area contributed by atoms with Gasteiger partial charge in [0, 0.05) is 4.88 Å². The lowest BCUT2D eigenvalue weighted by Crippen LogP contribution is -2.39. The van der Waals surface area contributed by atoms with Gasteiger partial charge >= 0.3 is 0 Å². The zero-order valence-corrected chi connectivity index (χ0v) is 13.4. The molecule has 0 aliphatic carbocycles. The molecule has 1 aromatic carbocycles. The quantitative estimate of drug-likeness (QED) is 0.839. The zero-order valence-electron chi connectivity index (χ0n) is 11.0. The molecule has 2 rings (SSSR count). The van der Waals surface area contributed by atoms with Gasteiger partial charge in [0.25, 0.3) is 0 Å². The lowest BCUT2D eigenvalue weighted by Gasteiger charge is -2.19. The zero-order chi connectivity index (χ0) is 14.9. The van der Waals surface area contributed by atoms with Crippen molar-refractivity contribution in [1.29, 1.82) is 0 Å². The second-order valence-electron chi connectivity index (χ2n) is 4.32. The molecule has 0 radical (unpaired) electrons. The van der Waals surface area contributed by atoms with E-state index in [2.05, 4.69) is 6.92 Å². The summed E-state index contributed by atoms with van der Waals surface area (Å²) in [5, 5.41) is 12.5. The normalized spacial score (nSPS) is 12.6. The van der Waals surface area contributed by atoms with Crippen LogP contribution >= 0.6 is 34.5 Å². The van der Waals surface area contributed by atoms with E-state index in [1.54, 1.807) is 24.3 Å². The van der Waals surface area contributed by atoms with Gasteiger partial charge in [-0.3, -0.25) is 0 Å². The van der Waals surface area contributed by atoms with Gasteiger partial charge in [0.1, 0.15) is 16.9 Å². The van der Waals surface area contributed by atoms with Crippen molar-refractivity contribution >= 4 is 50.6 Å². The second kappa shape index (κ2) is 6.20. The van der Waals surface area contributed by atoms with E-state index in [-0.39, 0.29) is 17.2 Å². The maximum Gasteiger partial charge on any atom is 0.141 e. The fraction of sp³-hybridized carbons (Fsp3) is 0.357. The number of hydrogen-bond donors (Lipinski definition) is 0. The molecule has 0 bridgehead atoms. The van der Waals surface area contributed by atoms with Crippen LogP contribution in [-0.4, -0.2) is 12.1 Å². The first-order valence-electron chi connectivity index (χ1n) is 6.25. The van der Waals surface area contributed by atoms with Crippen LogP contribution < -0.4 is 9.84 Å². The molecule has 0 N–H and O–H groups in total. The molecule has 108 valence electrons. The van der Waals surface area contributed by atoms with Gasteiger partial charge in [-0.1, -0.05) is 37.0 Å². The van der Waals surface area contributed by atoms with Gasteiger partial charge in [0.2, 0.25) is 0 Å². The average molecular weight is 332 g/mol. The number of halogens is 2. The van der Waals surface area contributed by atoms with Crippen molar-refractivity contribution < 1.29 is 14.6 Å². The minimum Gasteiger partial charge on any atom is -0.546 e. The number of rotatable bonds is 5. The Bertz CT molecular complexity index is 651. The molecule has 20 heavy (non-hydrogen) atoms. The molecular weight excluding hydrogens is 319 g/mol. The highest BCUT2D eigenvalue weighted by Gasteiger charge is 2.17. The number of aryl methyl sites for hydroxylation is 1. The molecule has 6 heteroatoms. The van der Waals surface area contributed by atoms with Crippen molar-refractivity contribution in [2.24, 2.45) is 0 Å². The van der Waals surface area contributed by atoms with Crippen molar-refractivity contribution in [2.75, 3.05) is 0 Å². The van der Waals surface area contributed by atoms with Crippen LogP contribution in [-0.2, 0) is 11.2 Å². The number of fused-ring (bicyclic) bond motifs is 1. The van der Waals surface area contributed by atoms with Gasteiger partial charge in [0.15, 0.2) is 0 Å². The van der Waals surface area contributed by atoms with Gasteiger partial charge in [-0.2, -0.15) is 0 Å². The summed E-state index contributed by atoms with van der Waals surface area (Å²) in [5.74, 6) is -0.986. The maximum atomic E-state index is 10.9. The Morgan fingerprint density at radius 1 is 1.35 bits per heavy atom. The number of aliphatic carboxylic acids is 1. The Labute approximate surface area is 131 Å². The van der Waals surface area contributed by atoms with Crippen LogP contribution in [0.25, 0.3) is 10.1 Å². The highest BCUT2D eigenvalue weighted by Crippen LogP contribution is 2.42. The first kappa shape index (κ1) is 15.4. The van der Waals surface area contributed by atoms with E-state index in [4.69, 9.17) is 27.9 Å². The molecule has 3 nitrogen and oxygen atoms in total. The molecule has 0 saturated heterocycles. The first-order chi connectivity index (χ1) is 9.47. The third-order valence-corrected chi connectivity index (χ3v) is 5.23. The largest absolute Gasteiger partial charge is 0.546 e. The van der Waals surface area contributed by atoms with Crippen LogP contribution in [0, 0.1) is 0 Å². The van der Waals surface area contributed by atoms with Gasteiger partial charge in [-0.25, -0.2) is 0 Å². The van der Waals surface area contributed by atoms with Crippen LogP contribution in [0.4, 0.5) is 0 Å². The van der Waals surface area contributed by atoms with Crippen LogP contribution in [0.5, 0.6) is 5.75 Å². The fourth-order valence-corrected chi connectivity index (χ4v) is 3.45. The minimum absolute atomic E-state index is 0.239. The second-order valence-corrected chi connectivity index (χ2v) is 6.21. The Kier molecular flexibility index (Phi) is 4.78. The number of carboxylic acids is 1. The molecule has 1 aromatic heterocycles. The van der Waals surface area contributed by atoms with E-state index in [0.717, 1.165) is 16.5 Å². The third-order valence-electron chi connectivity index (χ3n) is 2.96. The fourth-order valence-electron chi connectivity index (χ4n) is 1.86. The topological polar surface area (TPSA) is 49.4 Å². The van der Waals surface area contributed by atoms with E-state index in [1.807, 2.05) is 6.07 Å². The lowest BCUT2D eigenvalue weighted by atomic mass is 10.2. The molecule has 0 aliphatic rings. The van der Waals surface area contributed by atoms with E-state index in [0.29, 0.717) is 5.02 Å². The molecule has 0 spiro atoms. The summed E-state index contributed by atoms with van der Waals surface area (Å²) in [6.07, 6.45) is 0.156. The van der Waals surface area contributed by atoms with Crippen LogP contribution in [0.15, 0.2) is 12.1 Å². The van der Waals surface area contributed by atoms with Gasteiger partial charge in [0.05, 0.1) is 15.7 Å². The molecule has 0 fully saturated rings. The summed E-state index contributed by atoms with van der Waals surface area (Å²) in [6.45, 7) is 3.76. The summed E-state index contributed by atoms with van der Waals surface area (Å²) in [7, 11) is 0. The highest BCUT2D eigenvalue weighted by molar-refractivity contribution is 7.19. The number of ether oxygens (including phenoxy) is 1. The smallest absolute Gasteiger partial charge is 0.141 e. The van der Waals surface area contributed by atoms with Crippen LogP contribution in [0.3, 0.4) is 0 Å². The van der Waals surface area contributed by atoms with Crippen molar-refractivity contribution in [1.82, 2.24) is 0 Å². The van der Waals surface area contributed by atoms with Crippen molar-refractivity contribution in [3.8, 4) is 5.75 Å². The number of benzene rings is 1. The molecule has 1 atom stereocenters. The van der Waals surface area contributed by atoms with Gasteiger partial charge in [-0.05, 0) is 30.4 Å². The molecular formula is C14H13Cl2O3S-. The lowest BCUT2D eigenvalue weighted by molar-refractivity contribution is -0.313. The predicted octanol–water partition coefficient (Wildman–Crippen LogP) is 3.68. The SMILES string of the molecule is CCc1cc2cc(OC(CC)C(=O)[O-])c(Cl)c(Cl)c2s1. The molecule has 0 amide bonds. The van der Waals surface area contributed by atoms with Crippen molar-refractivity contribution in [3.63, 3.8) is 0 Å². The summed E-state index contributed by atoms with van der Waals surface area (Å²) in [4.78, 5) is 12.1. The summed E-state index contributed by atoms with van der Waals surface area (Å²) >= 11 is 14.0. The van der Waals surface area contributed by atoms with E-state index < -0.39 is 12.1 Å². The molecule has 1 heterocycles. The van der Waals surface area contributed by atoms with Gasteiger partial charge < -0.3 is 14.6 Å². The monoisotopic (exact) mass is 331 g/mol. The van der Waals surface area contributed by atoms with Gasteiger partial charge in [-0.15, -0.1) is 11.3 Å². The molecule has 0 aliphatic heterocycles. The van der Waals surface area contributed by atoms with E-state index >= 15 is 0 Å². The minimum atomic E-state index is -1.26. The summed E-state index contributed by atoms with van der Waals surface area (Å²) in [5.41, 5.74) is 0. The number of carbonyl (C=O) groups is 1. The Morgan fingerprint density at radius 2 is 2.05 bits per heavy atom. The summed E-state index contributed by atoms with van der Waals surface area (Å²) in [6, 6.07) is 3.74. The third kappa shape index (κ3) is 2.87. The Hall–Kier alpha value is -0.970. The predicted molar refractivity (Wildman–Crippen MR) is 80.9 cm³/mol. The number of carbonyl (C=O) groups excluding carboxylic acids is 1. The number of hydrogen-bond acceptors (Lipinski definition) is 4. The van der Waals surface area contributed by atoms with Crippen molar-refractivity contribution in [3.05, 3.63) is 27.1 Å². The molecule has 1 unspecified atom stereocenters. The van der Waals surface area contributed by atoms with Crippen LogP contribution in [0.1, 0.15) is 25.1 Å².